The van der Waals surface area contributed by atoms with Crippen molar-refractivity contribution in [3.63, 3.8) is 0 Å². The molecule has 0 fully saturated rings. The molecule has 1 unspecified atom stereocenters. The SMILES string of the molecule is Cl.Cn1cnc(C(N)c2ccccc2)n1. The predicted octanol–water partition coefficient (Wildman–Crippen LogP) is 1.29. The molecule has 4 nitrogen and oxygen atoms in total. The maximum atomic E-state index is 5.99. The largest absolute Gasteiger partial charge is 0.318 e. The molecule has 1 atom stereocenters. The highest BCUT2D eigenvalue weighted by atomic mass is 35.5. The van der Waals surface area contributed by atoms with Crippen LogP contribution < -0.4 is 5.73 Å². The number of halogens is 1. The van der Waals surface area contributed by atoms with Crippen molar-refractivity contribution in [3.8, 4) is 0 Å². The van der Waals surface area contributed by atoms with Gasteiger partial charge in [0.1, 0.15) is 6.33 Å². The van der Waals surface area contributed by atoms with Gasteiger partial charge in [0.05, 0.1) is 6.04 Å². The standard InChI is InChI=1S/C10H12N4.ClH/c1-14-7-12-10(13-14)9(11)8-5-3-2-4-6-8;/h2-7,9H,11H2,1H3;1H. The summed E-state index contributed by atoms with van der Waals surface area (Å²) < 4.78 is 1.65. The molecule has 15 heavy (non-hydrogen) atoms. The monoisotopic (exact) mass is 224 g/mol. The third-order valence-corrected chi connectivity index (χ3v) is 2.05. The Bertz CT molecular complexity index is 412. The van der Waals surface area contributed by atoms with Crippen molar-refractivity contribution in [2.45, 2.75) is 6.04 Å². The van der Waals surface area contributed by atoms with Crippen molar-refractivity contribution in [2.75, 3.05) is 0 Å². The molecule has 2 N–H and O–H groups in total. The first kappa shape index (κ1) is 11.7. The van der Waals surface area contributed by atoms with Gasteiger partial charge in [0.15, 0.2) is 5.82 Å². The van der Waals surface area contributed by atoms with Crippen LogP contribution in [0.1, 0.15) is 17.4 Å². The van der Waals surface area contributed by atoms with E-state index in [1.165, 1.54) is 0 Å². The van der Waals surface area contributed by atoms with E-state index in [2.05, 4.69) is 10.1 Å². The van der Waals surface area contributed by atoms with Gasteiger partial charge in [-0.05, 0) is 5.56 Å². The average molecular weight is 225 g/mol. The molecule has 0 aliphatic heterocycles. The Morgan fingerprint density at radius 3 is 2.47 bits per heavy atom. The molecular weight excluding hydrogens is 212 g/mol. The van der Waals surface area contributed by atoms with E-state index in [0.29, 0.717) is 5.82 Å². The Kier molecular flexibility index (Phi) is 3.82. The molecule has 0 saturated carbocycles. The fourth-order valence-electron chi connectivity index (χ4n) is 1.31. The second kappa shape index (κ2) is 4.91. The molecule has 80 valence electrons. The van der Waals surface area contributed by atoms with Gasteiger partial charge >= 0.3 is 0 Å². The van der Waals surface area contributed by atoms with Crippen LogP contribution in [0.2, 0.25) is 0 Å². The Labute approximate surface area is 94.5 Å². The van der Waals surface area contributed by atoms with E-state index in [9.17, 15) is 0 Å². The quantitative estimate of drug-likeness (QED) is 0.836. The molecule has 2 rings (SSSR count). The fourth-order valence-corrected chi connectivity index (χ4v) is 1.31. The zero-order valence-electron chi connectivity index (χ0n) is 8.37. The summed E-state index contributed by atoms with van der Waals surface area (Å²) in [6, 6.07) is 9.58. The van der Waals surface area contributed by atoms with Gasteiger partial charge in [0.2, 0.25) is 0 Å². The van der Waals surface area contributed by atoms with Gasteiger partial charge < -0.3 is 5.73 Å². The zero-order chi connectivity index (χ0) is 9.97. The van der Waals surface area contributed by atoms with Crippen LogP contribution in [0.5, 0.6) is 0 Å². The maximum absolute atomic E-state index is 5.99. The normalized spacial score (nSPS) is 11.9. The number of benzene rings is 1. The minimum absolute atomic E-state index is 0. The van der Waals surface area contributed by atoms with Gasteiger partial charge in [-0.1, -0.05) is 30.3 Å². The van der Waals surface area contributed by atoms with E-state index in [4.69, 9.17) is 5.73 Å². The van der Waals surface area contributed by atoms with E-state index in [1.54, 1.807) is 11.0 Å². The molecule has 0 saturated heterocycles. The van der Waals surface area contributed by atoms with Crippen molar-refractivity contribution in [2.24, 2.45) is 12.8 Å². The predicted molar refractivity (Wildman–Crippen MR) is 60.7 cm³/mol. The lowest BCUT2D eigenvalue weighted by Crippen LogP contribution is -2.13. The summed E-state index contributed by atoms with van der Waals surface area (Å²) in [6.07, 6.45) is 1.65. The number of aromatic nitrogens is 3. The molecule has 2 aromatic rings. The van der Waals surface area contributed by atoms with Gasteiger partial charge in [0.25, 0.3) is 0 Å². The van der Waals surface area contributed by atoms with Gasteiger partial charge in [-0.25, -0.2) is 4.98 Å². The fraction of sp³-hybridized carbons (Fsp3) is 0.200. The van der Waals surface area contributed by atoms with E-state index < -0.39 is 0 Å². The number of rotatable bonds is 2. The molecule has 1 aromatic carbocycles. The third-order valence-electron chi connectivity index (χ3n) is 2.05. The zero-order valence-corrected chi connectivity index (χ0v) is 9.19. The van der Waals surface area contributed by atoms with Crippen molar-refractivity contribution < 1.29 is 0 Å². The molecule has 0 amide bonds. The van der Waals surface area contributed by atoms with Crippen LogP contribution in [0.3, 0.4) is 0 Å². The lowest BCUT2D eigenvalue weighted by molar-refractivity contribution is 0.713. The second-order valence-electron chi connectivity index (χ2n) is 3.16. The second-order valence-corrected chi connectivity index (χ2v) is 3.16. The minimum atomic E-state index is -0.239. The molecule has 1 aromatic heterocycles. The number of nitrogens with two attached hydrogens (primary N) is 1. The van der Waals surface area contributed by atoms with Crippen LogP contribution in [0.25, 0.3) is 0 Å². The summed E-state index contributed by atoms with van der Waals surface area (Å²) in [5, 5.41) is 4.17. The number of hydrogen-bond donors (Lipinski definition) is 1. The summed E-state index contributed by atoms with van der Waals surface area (Å²) in [4.78, 5) is 4.12. The van der Waals surface area contributed by atoms with Crippen LogP contribution in [-0.2, 0) is 7.05 Å². The molecule has 0 spiro atoms. The topological polar surface area (TPSA) is 56.7 Å². The molecule has 0 radical (unpaired) electrons. The average Bonchev–Trinajstić information content (AvgIpc) is 2.65. The lowest BCUT2D eigenvalue weighted by Gasteiger charge is -2.06. The molecule has 0 aliphatic rings. The van der Waals surface area contributed by atoms with Crippen LogP contribution in [0, 0.1) is 0 Å². The first-order chi connectivity index (χ1) is 6.77. The van der Waals surface area contributed by atoms with Gasteiger partial charge in [0, 0.05) is 7.05 Å². The minimum Gasteiger partial charge on any atom is -0.318 e. The van der Waals surface area contributed by atoms with E-state index in [-0.39, 0.29) is 18.4 Å². The molecule has 5 heteroatoms. The summed E-state index contributed by atoms with van der Waals surface area (Å²) in [7, 11) is 1.83. The Morgan fingerprint density at radius 2 is 1.93 bits per heavy atom. The van der Waals surface area contributed by atoms with Crippen LogP contribution >= 0.6 is 12.4 Å². The van der Waals surface area contributed by atoms with Crippen molar-refractivity contribution in [1.29, 1.82) is 0 Å². The van der Waals surface area contributed by atoms with E-state index in [1.807, 2.05) is 37.4 Å². The van der Waals surface area contributed by atoms with Crippen LogP contribution in [-0.4, -0.2) is 14.8 Å². The lowest BCUT2D eigenvalue weighted by atomic mass is 10.1. The summed E-state index contributed by atoms with van der Waals surface area (Å²) in [5.41, 5.74) is 7.02. The van der Waals surface area contributed by atoms with Gasteiger partial charge in [-0.2, -0.15) is 5.10 Å². The number of nitrogens with zero attached hydrogens (tertiary/aromatic N) is 3. The van der Waals surface area contributed by atoms with E-state index in [0.717, 1.165) is 5.56 Å². The first-order valence-corrected chi connectivity index (χ1v) is 4.43. The highest BCUT2D eigenvalue weighted by Crippen LogP contribution is 2.14. The van der Waals surface area contributed by atoms with Crippen LogP contribution in [0.4, 0.5) is 0 Å². The van der Waals surface area contributed by atoms with Crippen LogP contribution in [0.15, 0.2) is 36.7 Å². The summed E-state index contributed by atoms with van der Waals surface area (Å²) >= 11 is 0. The third kappa shape index (κ3) is 2.55. The Hall–Kier alpha value is -1.39. The summed E-state index contributed by atoms with van der Waals surface area (Å²) in [5.74, 6) is 0.652. The first-order valence-electron chi connectivity index (χ1n) is 4.43. The summed E-state index contributed by atoms with van der Waals surface area (Å²) in [6.45, 7) is 0. The van der Waals surface area contributed by atoms with Crippen molar-refractivity contribution in [3.05, 3.63) is 48.0 Å². The van der Waals surface area contributed by atoms with Crippen molar-refractivity contribution in [1.82, 2.24) is 14.8 Å². The maximum Gasteiger partial charge on any atom is 0.171 e. The Morgan fingerprint density at radius 1 is 1.27 bits per heavy atom. The van der Waals surface area contributed by atoms with Crippen molar-refractivity contribution >= 4 is 12.4 Å². The van der Waals surface area contributed by atoms with E-state index >= 15 is 0 Å². The number of hydrogen-bond acceptors (Lipinski definition) is 3. The molecule has 0 bridgehead atoms. The molecular formula is C10H13ClN4. The Balaban J connectivity index is 0.00000112. The van der Waals surface area contributed by atoms with Gasteiger partial charge in [-0.15, -0.1) is 12.4 Å². The molecule has 0 aliphatic carbocycles. The number of aryl methyl sites for hydroxylation is 1. The highest BCUT2D eigenvalue weighted by molar-refractivity contribution is 5.85. The highest BCUT2D eigenvalue weighted by Gasteiger charge is 2.11. The van der Waals surface area contributed by atoms with Gasteiger partial charge in [-0.3, -0.25) is 4.68 Å². The molecule has 1 heterocycles. The smallest absolute Gasteiger partial charge is 0.171 e.